The van der Waals surface area contributed by atoms with Gasteiger partial charge in [0.25, 0.3) is 10.0 Å². The van der Waals surface area contributed by atoms with E-state index in [-0.39, 0.29) is 5.03 Å². The lowest BCUT2D eigenvalue weighted by Crippen LogP contribution is -2.26. The van der Waals surface area contributed by atoms with Crippen LogP contribution in [0.1, 0.15) is 45.6 Å². The molecule has 0 aliphatic rings. The Labute approximate surface area is 128 Å². The molecule has 0 aliphatic heterocycles. The van der Waals surface area contributed by atoms with E-state index in [0.717, 1.165) is 31.4 Å². The average molecular weight is 313 g/mol. The van der Waals surface area contributed by atoms with Crippen molar-refractivity contribution in [1.82, 2.24) is 15.0 Å². The second-order valence-corrected chi connectivity index (χ2v) is 7.33. The van der Waals surface area contributed by atoms with Crippen LogP contribution in [0.2, 0.25) is 0 Å². The molecule has 0 unspecified atom stereocenters. The molecular formula is C15H27N3O2S. The maximum absolute atomic E-state index is 12.1. The van der Waals surface area contributed by atoms with Gasteiger partial charge in [-0.1, -0.05) is 26.8 Å². The minimum absolute atomic E-state index is 0.0892. The van der Waals surface area contributed by atoms with Gasteiger partial charge in [0.1, 0.15) is 0 Å². The molecule has 1 aromatic heterocycles. The highest BCUT2D eigenvalue weighted by atomic mass is 32.2. The summed E-state index contributed by atoms with van der Waals surface area (Å²) in [7, 11) is -3.48. The highest BCUT2D eigenvalue weighted by Gasteiger charge is 2.14. The van der Waals surface area contributed by atoms with Crippen molar-refractivity contribution in [3.8, 4) is 0 Å². The number of aromatic nitrogens is 1. The molecule has 0 fully saturated rings. The third kappa shape index (κ3) is 7.02. The molecule has 21 heavy (non-hydrogen) atoms. The molecule has 1 aromatic rings. The van der Waals surface area contributed by atoms with Crippen LogP contribution >= 0.6 is 0 Å². The predicted octanol–water partition coefficient (Wildman–Crippen LogP) is 2.30. The maximum Gasteiger partial charge on any atom is 0.258 e. The third-order valence-corrected chi connectivity index (χ3v) is 4.46. The Morgan fingerprint density at radius 3 is 2.57 bits per heavy atom. The van der Waals surface area contributed by atoms with Crippen molar-refractivity contribution in [2.75, 3.05) is 13.1 Å². The van der Waals surface area contributed by atoms with E-state index in [2.05, 4.69) is 35.8 Å². The van der Waals surface area contributed by atoms with E-state index >= 15 is 0 Å². The van der Waals surface area contributed by atoms with E-state index in [1.165, 1.54) is 0 Å². The van der Waals surface area contributed by atoms with Gasteiger partial charge in [0.2, 0.25) is 0 Å². The van der Waals surface area contributed by atoms with Crippen molar-refractivity contribution < 1.29 is 8.42 Å². The standard InChI is InChI=1S/C15H27N3O2S/c1-4-9-16-11-14-7-8-15(17-12-14)21(19,20)18-10-5-6-13(2)3/h7-8,12-13,16,18H,4-6,9-11H2,1-3H3. The van der Waals surface area contributed by atoms with Crippen molar-refractivity contribution in [1.29, 1.82) is 0 Å². The summed E-state index contributed by atoms with van der Waals surface area (Å²) in [5, 5.41) is 3.35. The Balaban J connectivity index is 2.50. The van der Waals surface area contributed by atoms with Crippen LogP contribution in [0.25, 0.3) is 0 Å². The van der Waals surface area contributed by atoms with Crippen LogP contribution in [0.5, 0.6) is 0 Å². The molecule has 0 radical (unpaired) electrons. The van der Waals surface area contributed by atoms with Crippen molar-refractivity contribution >= 4 is 10.0 Å². The van der Waals surface area contributed by atoms with Crippen LogP contribution in [0.3, 0.4) is 0 Å². The number of rotatable bonds is 10. The van der Waals surface area contributed by atoms with Crippen LogP contribution in [0.4, 0.5) is 0 Å². The minimum Gasteiger partial charge on any atom is -0.313 e. The Morgan fingerprint density at radius 1 is 1.24 bits per heavy atom. The highest BCUT2D eigenvalue weighted by Crippen LogP contribution is 2.08. The zero-order chi connectivity index (χ0) is 15.7. The first-order chi connectivity index (χ1) is 9.95. The SMILES string of the molecule is CCCNCc1ccc(S(=O)(=O)NCCCC(C)C)nc1. The number of hydrogen-bond donors (Lipinski definition) is 2. The molecule has 0 aliphatic carbocycles. The van der Waals surface area contributed by atoms with Crippen molar-refractivity contribution in [3.63, 3.8) is 0 Å². The van der Waals surface area contributed by atoms with E-state index < -0.39 is 10.0 Å². The molecule has 6 heteroatoms. The molecule has 120 valence electrons. The lowest BCUT2D eigenvalue weighted by atomic mass is 10.1. The van der Waals surface area contributed by atoms with Crippen LogP contribution < -0.4 is 10.0 Å². The lowest BCUT2D eigenvalue weighted by Gasteiger charge is -2.08. The monoisotopic (exact) mass is 313 g/mol. The summed E-state index contributed by atoms with van der Waals surface area (Å²) < 4.78 is 26.7. The van der Waals surface area contributed by atoms with E-state index in [0.29, 0.717) is 19.0 Å². The molecule has 5 nitrogen and oxygen atoms in total. The fourth-order valence-corrected chi connectivity index (χ4v) is 2.87. The van der Waals surface area contributed by atoms with Crippen LogP contribution in [-0.2, 0) is 16.6 Å². The van der Waals surface area contributed by atoms with Crippen LogP contribution in [0.15, 0.2) is 23.4 Å². The van der Waals surface area contributed by atoms with Crippen molar-refractivity contribution in [2.24, 2.45) is 5.92 Å². The van der Waals surface area contributed by atoms with E-state index in [1.54, 1.807) is 18.3 Å². The number of sulfonamides is 1. The van der Waals surface area contributed by atoms with Gasteiger partial charge in [-0.15, -0.1) is 0 Å². The first kappa shape index (κ1) is 18.1. The maximum atomic E-state index is 12.1. The number of hydrogen-bond acceptors (Lipinski definition) is 4. The molecule has 0 saturated carbocycles. The van der Waals surface area contributed by atoms with Gasteiger partial charge < -0.3 is 5.32 Å². The predicted molar refractivity (Wildman–Crippen MR) is 85.5 cm³/mol. The summed E-state index contributed by atoms with van der Waals surface area (Å²) in [4.78, 5) is 4.05. The molecule has 0 amide bonds. The largest absolute Gasteiger partial charge is 0.313 e. The number of nitrogens with one attached hydrogen (secondary N) is 2. The van der Waals surface area contributed by atoms with Gasteiger partial charge >= 0.3 is 0 Å². The zero-order valence-electron chi connectivity index (χ0n) is 13.2. The summed E-state index contributed by atoms with van der Waals surface area (Å²) >= 11 is 0. The Morgan fingerprint density at radius 2 is 2.00 bits per heavy atom. The molecule has 1 heterocycles. The van der Waals surface area contributed by atoms with Crippen LogP contribution in [0, 0.1) is 5.92 Å². The minimum atomic E-state index is -3.48. The number of pyridine rings is 1. The van der Waals surface area contributed by atoms with Gasteiger partial charge in [-0.2, -0.15) is 0 Å². The second kappa shape index (κ2) is 9.12. The van der Waals surface area contributed by atoms with Gasteiger partial charge in [0.15, 0.2) is 5.03 Å². The molecule has 0 bridgehead atoms. The van der Waals surface area contributed by atoms with Gasteiger partial charge in [0, 0.05) is 19.3 Å². The molecule has 0 saturated heterocycles. The summed E-state index contributed by atoms with van der Waals surface area (Å²) in [6.07, 6.45) is 4.54. The molecular weight excluding hydrogens is 286 g/mol. The number of nitrogens with zero attached hydrogens (tertiary/aromatic N) is 1. The highest BCUT2D eigenvalue weighted by molar-refractivity contribution is 7.89. The summed E-state index contributed by atoms with van der Waals surface area (Å²) in [5.41, 5.74) is 0.988. The zero-order valence-corrected chi connectivity index (χ0v) is 14.0. The van der Waals surface area contributed by atoms with Gasteiger partial charge in [-0.3, -0.25) is 0 Å². The fraction of sp³-hybridized carbons (Fsp3) is 0.667. The van der Waals surface area contributed by atoms with E-state index in [1.807, 2.05) is 0 Å². The topological polar surface area (TPSA) is 71.1 Å². The average Bonchev–Trinajstić information content (AvgIpc) is 2.44. The van der Waals surface area contributed by atoms with Crippen molar-refractivity contribution in [3.05, 3.63) is 23.9 Å². The van der Waals surface area contributed by atoms with Crippen molar-refractivity contribution in [2.45, 2.75) is 51.6 Å². The molecule has 0 atom stereocenters. The van der Waals surface area contributed by atoms with Gasteiger partial charge in [-0.05, 0) is 43.4 Å². The normalized spacial score (nSPS) is 12.0. The first-order valence-corrected chi connectivity index (χ1v) is 9.09. The molecule has 2 N–H and O–H groups in total. The quantitative estimate of drug-likeness (QED) is 0.650. The lowest BCUT2D eigenvalue weighted by molar-refractivity contribution is 0.538. The summed E-state index contributed by atoms with van der Waals surface area (Å²) in [6.45, 7) is 8.47. The first-order valence-electron chi connectivity index (χ1n) is 7.61. The Hall–Kier alpha value is -0.980. The Bertz CT molecular complexity index is 498. The van der Waals surface area contributed by atoms with Gasteiger partial charge in [0.05, 0.1) is 0 Å². The summed E-state index contributed by atoms with van der Waals surface area (Å²) in [6, 6.07) is 3.37. The molecule has 1 rings (SSSR count). The smallest absolute Gasteiger partial charge is 0.258 e. The van der Waals surface area contributed by atoms with E-state index in [9.17, 15) is 8.42 Å². The second-order valence-electron chi connectivity index (χ2n) is 5.62. The van der Waals surface area contributed by atoms with Crippen LogP contribution in [-0.4, -0.2) is 26.5 Å². The van der Waals surface area contributed by atoms with Gasteiger partial charge in [-0.25, -0.2) is 18.1 Å². The Kier molecular flexibility index (Phi) is 7.85. The third-order valence-electron chi connectivity index (χ3n) is 3.08. The van der Waals surface area contributed by atoms with E-state index in [4.69, 9.17) is 0 Å². The fourth-order valence-electron chi connectivity index (χ4n) is 1.87. The summed E-state index contributed by atoms with van der Waals surface area (Å²) in [5.74, 6) is 0.586. The molecule has 0 spiro atoms. The molecule has 0 aromatic carbocycles.